The van der Waals surface area contributed by atoms with Crippen molar-refractivity contribution in [1.29, 1.82) is 0 Å². The summed E-state index contributed by atoms with van der Waals surface area (Å²) in [7, 11) is 3.12. The van der Waals surface area contributed by atoms with Gasteiger partial charge in [0.2, 0.25) is 0 Å². The number of nitrogens with one attached hydrogen (secondary N) is 2. The molecule has 2 aromatic carbocycles. The first kappa shape index (κ1) is 22.4. The number of hydrogen-bond acceptors (Lipinski definition) is 8. The summed E-state index contributed by atoms with van der Waals surface area (Å²) in [6.45, 7) is 1.85. The Hall–Kier alpha value is -3.76. The van der Waals surface area contributed by atoms with E-state index in [9.17, 15) is 9.59 Å². The molecule has 0 radical (unpaired) electrons. The summed E-state index contributed by atoms with van der Waals surface area (Å²) in [6.07, 6.45) is 0. The van der Waals surface area contributed by atoms with Crippen LogP contribution in [0.3, 0.4) is 0 Å². The number of ether oxygens (including phenoxy) is 2. The summed E-state index contributed by atoms with van der Waals surface area (Å²) in [6, 6.07) is 13.7. The first-order valence-electron chi connectivity index (χ1n) is 9.81. The lowest BCUT2D eigenvalue weighted by Crippen LogP contribution is -2.11. The van der Waals surface area contributed by atoms with Crippen molar-refractivity contribution in [2.75, 3.05) is 24.9 Å². The Morgan fingerprint density at radius 3 is 2.27 bits per heavy atom. The van der Waals surface area contributed by atoms with Gasteiger partial charge < -0.3 is 9.47 Å². The van der Waals surface area contributed by atoms with Gasteiger partial charge >= 0.3 is 0 Å². The van der Waals surface area contributed by atoms with Gasteiger partial charge in [-0.15, -0.1) is 11.3 Å². The SMILES string of the molecule is COc1ccc(C(=O)Nc2nc(C)c(-c3csc(NC(=O)c4cccc(OC)c4)n3)s2)cc1. The maximum absolute atomic E-state index is 12.5. The summed E-state index contributed by atoms with van der Waals surface area (Å²) in [5, 5.41) is 8.41. The van der Waals surface area contributed by atoms with Gasteiger partial charge in [0.15, 0.2) is 10.3 Å². The van der Waals surface area contributed by atoms with Crippen molar-refractivity contribution < 1.29 is 19.1 Å². The lowest BCUT2D eigenvalue weighted by atomic mass is 10.2. The standard InChI is InChI=1S/C23H20N4O4S2/c1-13-19(33-23(24-13)27-20(28)14-7-9-16(30-2)10-8-14)18-12-32-22(25-18)26-21(29)15-5-4-6-17(11-15)31-3/h4-12H,1-3H3,(H,24,27,28)(H,25,26,29). The van der Waals surface area contributed by atoms with Gasteiger partial charge in [0, 0.05) is 16.5 Å². The number of anilines is 2. The molecule has 0 atom stereocenters. The van der Waals surface area contributed by atoms with Gasteiger partial charge in [0.25, 0.3) is 11.8 Å². The second-order valence-corrected chi connectivity index (χ2v) is 8.70. The Balaban J connectivity index is 1.45. The number of nitrogens with zero attached hydrogens (tertiary/aromatic N) is 2. The van der Waals surface area contributed by atoms with Crippen LogP contribution in [0.15, 0.2) is 53.9 Å². The quantitative estimate of drug-likeness (QED) is 0.382. The topological polar surface area (TPSA) is 102 Å². The summed E-state index contributed by atoms with van der Waals surface area (Å²) >= 11 is 2.64. The van der Waals surface area contributed by atoms with E-state index in [-0.39, 0.29) is 11.8 Å². The van der Waals surface area contributed by atoms with Crippen molar-refractivity contribution in [2.24, 2.45) is 0 Å². The minimum Gasteiger partial charge on any atom is -0.497 e. The van der Waals surface area contributed by atoms with E-state index in [2.05, 4.69) is 20.6 Å². The Kier molecular flexibility index (Phi) is 6.66. The molecule has 8 nitrogen and oxygen atoms in total. The van der Waals surface area contributed by atoms with E-state index in [1.807, 2.05) is 12.3 Å². The highest BCUT2D eigenvalue weighted by Crippen LogP contribution is 2.35. The molecule has 33 heavy (non-hydrogen) atoms. The van der Waals surface area contributed by atoms with E-state index in [1.165, 1.54) is 22.7 Å². The van der Waals surface area contributed by atoms with Crippen LogP contribution in [0.2, 0.25) is 0 Å². The highest BCUT2D eigenvalue weighted by atomic mass is 32.1. The number of benzene rings is 2. The highest BCUT2D eigenvalue weighted by Gasteiger charge is 2.17. The third-order valence-corrected chi connectivity index (χ3v) is 6.51. The van der Waals surface area contributed by atoms with Crippen molar-refractivity contribution >= 4 is 44.8 Å². The molecule has 4 rings (SSSR count). The zero-order valence-electron chi connectivity index (χ0n) is 18.0. The lowest BCUT2D eigenvalue weighted by molar-refractivity contribution is 0.101. The molecule has 2 heterocycles. The molecular formula is C23H20N4O4S2. The largest absolute Gasteiger partial charge is 0.497 e. The minimum atomic E-state index is -0.275. The zero-order valence-corrected chi connectivity index (χ0v) is 19.7. The third-order valence-electron chi connectivity index (χ3n) is 4.66. The summed E-state index contributed by atoms with van der Waals surface area (Å²) in [4.78, 5) is 34.8. The average molecular weight is 481 g/mol. The number of carbonyl (C=O) groups is 2. The number of methoxy groups -OCH3 is 2. The van der Waals surface area contributed by atoms with Crippen LogP contribution in [0, 0.1) is 6.92 Å². The summed E-state index contributed by atoms with van der Waals surface area (Å²) < 4.78 is 10.3. The Morgan fingerprint density at radius 2 is 1.55 bits per heavy atom. The van der Waals surface area contributed by atoms with E-state index in [4.69, 9.17) is 9.47 Å². The van der Waals surface area contributed by atoms with Crippen molar-refractivity contribution in [3.63, 3.8) is 0 Å². The summed E-state index contributed by atoms with van der Waals surface area (Å²) in [5.74, 6) is 0.745. The molecule has 2 N–H and O–H groups in total. The molecule has 0 unspecified atom stereocenters. The molecule has 2 aromatic heterocycles. The highest BCUT2D eigenvalue weighted by molar-refractivity contribution is 7.20. The molecule has 0 aliphatic rings. The van der Waals surface area contributed by atoms with E-state index in [0.717, 1.165) is 10.6 Å². The molecule has 4 aromatic rings. The molecule has 0 aliphatic carbocycles. The Morgan fingerprint density at radius 1 is 0.848 bits per heavy atom. The van der Waals surface area contributed by atoms with Gasteiger partial charge in [-0.1, -0.05) is 17.4 Å². The van der Waals surface area contributed by atoms with Gasteiger partial charge in [-0.2, -0.15) is 0 Å². The van der Waals surface area contributed by atoms with Gasteiger partial charge in [-0.05, 0) is 49.4 Å². The number of aromatic nitrogens is 2. The molecule has 10 heteroatoms. The molecule has 0 fully saturated rings. The average Bonchev–Trinajstić information content (AvgIpc) is 3.44. The van der Waals surface area contributed by atoms with Crippen LogP contribution in [0.25, 0.3) is 10.6 Å². The van der Waals surface area contributed by atoms with E-state index < -0.39 is 0 Å². The normalized spacial score (nSPS) is 10.5. The first-order valence-corrected chi connectivity index (χ1v) is 11.5. The van der Waals surface area contributed by atoms with Crippen LogP contribution in [-0.4, -0.2) is 36.0 Å². The maximum Gasteiger partial charge on any atom is 0.257 e. The van der Waals surface area contributed by atoms with Crippen molar-refractivity contribution in [3.05, 3.63) is 70.7 Å². The summed E-state index contributed by atoms with van der Waals surface area (Å²) in [5.41, 5.74) is 2.40. The Labute approximate surface area is 198 Å². The fourth-order valence-electron chi connectivity index (χ4n) is 2.97. The lowest BCUT2D eigenvalue weighted by Gasteiger charge is -2.04. The first-order chi connectivity index (χ1) is 16.0. The van der Waals surface area contributed by atoms with Gasteiger partial charge in [-0.25, -0.2) is 9.97 Å². The maximum atomic E-state index is 12.5. The zero-order chi connectivity index (χ0) is 23.4. The van der Waals surface area contributed by atoms with Crippen LogP contribution in [0.4, 0.5) is 10.3 Å². The van der Waals surface area contributed by atoms with Gasteiger partial charge in [0.05, 0.1) is 30.5 Å². The molecule has 168 valence electrons. The second kappa shape index (κ2) is 9.80. The molecule has 0 bridgehead atoms. The van der Waals surface area contributed by atoms with Crippen molar-refractivity contribution in [2.45, 2.75) is 6.92 Å². The predicted molar refractivity (Wildman–Crippen MR) is 130 cm³/mol. The predicted octanol–water partition coefficient (Wildman–Crippen LogP) is 5.10. The number of carbonyl (C=O) groups excluding carboxylic acids is 2. The van der Waals surface area contributed by atoms with E-state index in [1.54, 1.807) is 62.8 Å². The Bertz CT molecular complexity index is 1300. The van der Waals surface area contributed by atoms with Crippen molar-refractivity contribution in [3.8, 4) is 22.1 Å². The number of hydrogen-bond donors (Lipinski definition) is 2. The number of aryl methyl sites for hydroxylation is 1. The number of thiazole rings is 2. The van der Waals surface area contributed by atoms with Gasteiger partial charge in [-0.3, -0.25) is 20.2 Å². The third kappa shape index (κ3) is 5.18. The van der Waals surface area contributed by atoms with Crippen LogP contribution in [0.5, 0.6) is 11.5 Å². The second-order valence-electron chi connectivity index (χ2n) is 6.84. The van der Waals surface area contributed by atoms with Crippen LogP contribution in [-0.2, 0) is 0 Å². The smallest absolute Gasteiger partial charge is 0.257 e. The van der Waals surface area contributed by atoms with Crippen LogP contribution in [0.1, 0.15) is 26.4 Å². The fraction of sp³-hybridized carbons (Fsp3) is 0.130. The molecule has 2 amide bonds. The molecule has 0 saturated heterocycles. The van der Waals surface area contributed by atoms with Crippen molar-refractivity contribution in [1.82, 2.24) is 9.97 Å². The molecule has 0 saturated carbocycles. The fourth-order valence-corrected chi connectivity index (χ4v) is 4.66. The molecule has 0 aliphatic heterocycles. The molecule has 0 spiro atoms. The number of amides is 2. The van der Waals surface area contributed by atoms with Crippen LogP contribution >= 0.6 is 22.7 Å². The minimum absolute atomic E-state index is 0.262. The monoisotopic (exact) mass is 480 g/mol. The number of rotatable bonds is 7. The van der Waals surface area contributed by atoms with Crippen LogP contribution < -0.4 is 20.1 Å². The van der Waals surface area contributed by atoms with Gasteiger partial charge in [0.1, 0.15) is 11.5 Å². The molecular weight excluding hydrogens is 460 g/mol. The van der Waals surface area contributed by atoms with E-state index in [0.29, 0.717) is 38.6 Å². The van der Waals surface area contributed by atoms with E-state index >= 15 is 0 Å².